The second-order valence-electron chi connectivity index (χ2n) is 3.30. The first-order valence-electron chi connectivity index (χ1n) is 4.52. The van der Waals surface area contributed by atoms with Gasteiger partial charge < -0.3 is 10.4 Å². The lowest BCUT2D eigenvalue weighted by Crippen LogP contribution is -2.36. The normalized spacial score (nSPS) is 12.3. The maximum absolute atomic E-state index is 13.3. The van der Waals surface area contributed by atoms with Gasteiger partial charge in [-0.15, -0.1) is 0 Å². The smallest absolute Gasteiger partial charge is 0.257 e. The molecule has 0 saturated carbocycles. The van der Waals surface area contributed by atoms with E-state index in [4.69, 9.17) is 5.11 Å². The predicted molar refractivity (Wildman–Crippen MR) is 58.1 cm³/mol. The van der Waals surface area contributed by atoms with Gasteiger partial charge >= 0.3 is 0 Å². The van der Waals surface area contributed by atoms with Gasteiger partial charge in [0.1, 0.15) is 17.2 Å². The zero-order valence-corrected chi connectivity index (χ0v) is 10.0. The van der Waals surface area contributed by atoms with E-state index < -0.39 is 29.1 Å². The predicted octanol–water partition coefficient (Wildman–Crippen LogP) is 1.84. The van der Waals surface area contributed by atoms with Crippen molar-refractivity contribution in [1.29, 1.82) is 0 Å². The van der Waals surface area contributed by atoms with Crippen LogP contribution in [0.2, 0.25) is 0 Å². The fourth-order valence-electron chi connectivity index (χ4n) is 1.10. The maximum atomic E-state index is 13.3. The van der Waals surface area contributed by atoms with Crippen LogP contribution in [0.4, 0.5) is 8.78 Å². The molecule has 0 aliphatic rings. The van der Waals surface area contributed by atoms with Gasteiger partial charge in [0.15, 0.2) is 0 Å². The summed E-state index contributed by atoms with van der Waals surface area (Å²) in [4.78, 5) is 11.4. The zero-order chi connectivity index (χ0) is 12.3. The van der Waals surface area contributed by atoms with Crippen LogP contribution in [0.25, 0.3) is 0 Å². The molecular weight excluding hydrogens is 284 g/mol. The topological polar surface area (TPSA) is 49.3 Å². The number of aliphatic hydroxyl groups is 1. The van der Waals surface area contributed by atoms with Crippen LogP contribution in [-0.2, 0) is 0 Å². The van der Waals surface area contributed by atoms with E-state index >= 15 is 0 Å². The molecule has 1 rings (SSSR count). The molecule has 0 bridgehead atoms. The molecule has 0 aromatic heterocycles. The summed E-state index contributed by atoms with van der Waals surface area (Å²) in [6, 6.07) is 1.44. The van der Waals surface area contributed by atoms with Gasteiger partial charge in [-0.1, -0.05) is 15.9 Å². The van der Waals surface area contributed by atoms with Crippen molar-refractivity contribution >= 4 is 21.8 Å². The summed E-state index contributed by atoms with van der Waals surface area (Å²) in [6.07, 6.45) is 0. The van der Waals surface area contributed by atoms with Crippen molar-refractivity contribution in [2.75, 3.05) is 6.61 Å². The summed E-state index contributed by atoms with van der Waals surface area (Å²) < 4.78 is 26.9. The second kappa shape index (κ2) is 5.36. The number of aliphatic hydroxyl groups excluding tert-OH is 1. The van der Waals surface area contributed by atoms with Crippen molar-refractivity contribution in [1.82, 2.24) is 5.32 Å². The Hall–Kier alpha value is -1.01. The molecule has 0 fully saturated rings. The van der Waals surface area contributed by atoms with E-state index in [0.717, 1.165) is 12.1 Å². The third-order valence-corrected chi connectivity index (χ3v) is 2.34. The van der Waals surface area contributed by atoms with E-state index in [1.807, 2.05) is 0 Å². The molecule has 3 nitrogen and oxygen atoms in total. The van der Waals surface area contributed by atoms with Crippen molar-refractivity contribution in [2.24, 2.45) is 0 Å². The van der Waals surface area contributed by atoms with Crippen LogP contribution in [0.15, 0.2) is 16.6 Å². The minimum Gasteiger partial charge on any atom is -0.394 e. The van der Waals surface area contributed by atoms with E-state index in [1.165, 1.54) is 6.92 Å². The number of nitrogens with one attached hydrogen (secondary N) is 1. The molecule has 0 spiro atoms. The largest absolute Gasteiger partial charge is 0.394 e. The van der Waals surface area contributed by atoms with Crippen LogP contribution in [0.1, 0.15) is 17.3 Å². The Kier molecular flexibility index (Phi) is 4.37. The zero-order valence-electron chi connectivity index (χ0n) is 8.43. The van der Waals surface area contributed by atoms with Crippen molar-refractivity contribution in [2.45, 2.75) is 13.0 Å². The van der Waals surface area contributed by atoms with Crippen LogP contribution in [0.3, 0.4) is 0 Å². The summed E-state index contributed by atoms with van der Waals surface area (Å²) in [6.45, 7) is 1.22. The van der Waals surface area contributed by atoms with Crippen LogP contribution >= 0.6 is 15.9 Å². The molecule has 0 heterocycles. The summed E-state index contributed by atoms with van der Waals surface area (Å²) in [5.41, 5.74) is -0.650. The molecule has 6 heteroatoms. The molecule has 16 heavy (non-hydrogen) atoms. The lowest BCUT2D eigenvalue weighted by molar-refractivity contribution is 0.0913. The van der Waals surface area contributed by atoms with E-state index in [-0.39, 0.29) is 11.1 Å². The highest BCUT2D eigenvalue weighted by Crippen LogP contribution is 2.19. The lowest BCUT2D eigenvalue weighted by atomic mass is 10.1. The average Bonchev–Trinajstić information content (AvgIpc) is 2.15. The Morgan fingerprint density at radius 2 is 2.00 bits per heavy atom. The van der Waals surface area contributed by atoms with Gasteiger partial charge in [0.2, 0.25) is 0 Å². The molecule has 1 atom stereocenters. The van der Waals surface area contributed by atoms with E-state index in [1.54, 1.807) is 0 Å². The Labute approximate surface area is 99.6 Å². The molecule has 0 aliphatic heterocycles. The fourth-order valence-corrected chi connectivity index (χ4v) is 1.50. The number of halogens is 3. The summed E-state index contributed by atoms with van der Waals surface area (Å²) in [5.74, 6) is -2.78. The molecule has 1 amide bonds. The number of amides is 1. The van der Waals surface area contributed by atoms with Gasteiger partial charge in [-0.25, -0.2) is 8.78 Å². The first-order chi connectivity index (χ1) is 7.45. The Morgan fingerprint density at radius 3 is 2.44 bits per heavy atom. The second-order valence-corrected chi connectivity index (χ2v) is 4.22. The van der Waals surface area contributed by atoms with Crippen LogP contribution in [-0.4, -0.2) is 23.7 Å². The fraction of sp³-hybridized carbons (Fsp3) is 0.300. The van der Waals surface area contributed by atoms with Gasteiger partial charge in [0.25, 0.3) is 5.91 Å². The summed E-state index contributed by atoms with van der Waals surface area (Å²) in [5, 5.41) is 11.0. The number of rotatable bonds is 3. The Bertz CT molecular complexity index is 389. The molecule has 1 aromatic carbocycles. The average molecular weight is 294 g/mol. The molecule has 1 aromatic rings. The van der Waals surface area contributed by atoms with Crippen LogP contribution in [0, 0.1) is 11.6 Å². The SMILES string of the molecule is C[C@@H](CO)NC(=O)c1c(F)cc(Br)cc1F. The van der Waals surface area contributed by atoms with Crippen molar-refractivity contribution < 1.29 is 18.7 Å². The Balaban J connectivity index is 3.00. The van der Waals surface area contributed by atoms with Gasteiger partial charge in [0, 0.05) is 10.5 Å². The third-order valence-electron chi connectivity index (χ3n) is 1.89. The Morgan fingerprint density at radius 1 is 1.50 bits per heavy atom. The van der Waals surface area contributed by atoms with E-state index in [9.17, 15) is 13.6 Å². The van der Waals surface area contributed by atoms with Crippen LogP contribution < -0.4 is 5.32 Å². The first-order valence-corrected chi connectivity index (χ1v) is 5.31. The quantitative estimate of drug-likeness (QED) is 0.893. The molecule has 2 N–H and O–H groups in total. The van der Waals surface area contributed by atoms with Crippen molar-refractivity contribution in [3.8, 4) is 0 Å². The monoisotopic (exact) mass is 293 g/mol. The van der Waals surface area contributed by atoms with Crippen molar-refractivity contribution in [3.63, 3.8) is 0 Å². The molecule has 0 radical (unpaired) electrons. The standard InChI is InChI=1S/C10H10BrF2NO2/c1-5(4-15)14-10(16)9-7(12)2-6(11)3-8(9)13/h2-3,5,15H,4H2,1H3,(H,14,16)/t5-/m0/s1. The third kappa shape index (κ3) is 2.99. The summed E-state index contributed by atoms with van der Waals surface area (Å²) in [7, 11) is 0. The number of hydrogen-bond donors (Lipinski definition) is 2. The molecule has 0 saturated heterocycles. The molecular formula is C10H10BrF2NO2. The van der Waals surface area contributed by atoms with E-state index in [2.05, 4.69) is 21.2 Å². The molecule has 0 aliphatic carbocycles. The minimum atomic E-state index is -0.950. The molecule has 88 valence electrons. The summed E-state index contributed by atoms with van der Waals surface area (Å²) >= 11 is 2.91. The highest BCUT2D eigenvalue weighted by atomic mass is 79.9. The maximum Gasteiger partial charge on any atom is 0.257 e. The molecule has 0 unspecified atom stereocenters. The van der Waals surface area contributed by atoms with Gasteiger partial charge in [-0.05, 0) is 19.1 Å². The number of benzene rings is 1. The van der Waals surface area contributed by atoms with Gasteiger partial charge in [0.05, 0.1) is 6.61 Å². The highest BCUT2D eigenvalue weighted by molar-refractivity contribution is 9.10. The van der Waals surface area contributed by atoms with E-state index in [0.29, 0.717) is 0 Å². The van der Waals surface area contributed by atoms with Crippen LogP contribution in [0.5, 0.6) is 0 Å². The first kappa shape index (κ1) is 13.1. The van der Waals surface area contributed by atoms with Gasteiger partial charge in [-0.3, -0.25) is 4.79 Å². The van der Waals surface area contributed by atoms with Gasteiger partial charge in [-0.2, -0.15) is 0 Å². The number of carbonyl (C=O) groups excluding carboxylic acids is 1. The minimum absolute atomic E-state index is 0.217. The van der Waals surface area contributed by atoms with Crippen molar-refractivity contribution in [3.05, 3.63) is 33.8 Å². The number of carbonyl (C=O) groups is 1. The lowest BCUT2D eigenvalue weighted by Gasteiger charge is -2.11. The highest BCUT2D eigenvalue weighted by Gasteiger charge is 2.19. The number of hydrogen-bond acceptors (Lipinski definition) is 2.